The van der Waals surface area contributed by atoms with Crippen molar-refractivity contribution >= 4 is 23.2 Å². The number of rotatable bonds is 4. The number of pyridine rings is 1. The SMILES string of the molecule is C(=C1CCCN=C1c1cccnc1)c1cccc(N2CCN(c3ccccc3)CC2)c1. The van der Waals surface area contributed by atoms with Crippen molar-refractivity contribution in [2.75, 3.05) is 42.5 Å². The molecular weight excluding hydrogens is 380 g/mol. The van der Waals surface area contributed by atoms with Crippen LogP contribution in [0.25, 0.3) is 6.08 Å². The molecule has 0 bridgehead atoms. The Kier molecular flexibility index (Phi) is 5.79. The summed E-state index contributed by atoms with van der Waals surface area (Å²) < 4.78 is 0. The summed E-state index contributed by atoms with van der Waals surface area (Å²) in [5.74, 6) is 0. The molecular formula is C27H28N4. The van der Waals surface area contributed by atoms with E-state index in [0.29, 0.717) is 0 Å². The molecule has 0 atom stereocenters. The van der Waals surface area contributed by atoms with Crippen LogP contribution in [0.2, 0.25) is 0 Å². The van der Waals surface area contributed by atoms with E-state index in [1.165, 1.54) is 22.5 Å². The fraction of sp³-hybridized carbons (Fsp3) is 0.259. The van der Waals surface area contributed by atoms with Crippen molar-refractivity contribution in [2.24, 2.45) is 4.99 Å². The first-order valence-corrected chi connectivity index (χ1v) is 11.2. The summed E-state index contributed by atoms with van der Waals surface area (Å²) in [4.78, 5) is 14.1. The molecule has 2 aliphatic heterocycles. The van der Waals surface area contributed by atoms with Crippen molar-refractivity contribution < 1.29 is 0 Å². The van der Waals surface area contributed by atoms with Gasteiger partial charge in [-0.15, -0.1) is 0 Å². The topological polar surface area (TPSA) is 31.7 Å². The van der Waals surface area contributed by atoms with Crippen LogP contribution in [0.4, 0.5) is 11.4 Å². The molecule has 0 saturated carbocycles. The maximum Gasteiger partial charge on any atom is 0.0694 e. The predicted octanol–water partition coefficient (Wildman–Crippen LogP) is 5.07. The van der Waals surface area contributed by atoms with E-state index in [4.69, 9.17) is 4.99 Å². The van der Waals surface area contributed by atoms with Gasteiger partial charge in [0, 0.05) is 62.1 Å². The first-order chi connectivity index (χ1) is 15.4. The van der Waals surface area contributed by atoms with E-state index in [1.54, 1.807) is 0 Å². The maximum absolute atomic E-state index is 4.82. The second-order valence-electron chi connectivity index (χ2n) is 8.15. The van der Waals surface area contributed by atoms with E-state index < -0.39 is 0 Å². The molecule has 0 N–H and O–H groups in total. The highest BCUT2D eigenvalue weighted by molar-refractivity contribution is 6.15. The van der Waals surface area contributed by atoms with Crippen LogP contribution < -0.4 is 9.80 Å². The lowest BCUT2D eigenvalue weighted by Crippen LogP contribution is -2.46. The lowest BCUT2D eigenvalue weighted by Gasteiger charge is -2.37. The summed E-state index contributed by atoms with van der Waals surface area (Å²) in [6, 6.07) is 23.7. The Balaban J connectivity index is 1.33. The van der Waals surface area contributed by atoms with Gasteiger partial charge in [-0.1, -0.05) is 30.3 Å². The van der Waals surface area contributed by atoms with Crippen molar-refractivity contribution in [1.82, 2.24) is 4.98 Å². The number of allylic oxidation sites excluding steroid dienone is 1. The normalized spacial score (nSPS) is 18.2. The monoisotopic (exact) mass is 408 g/mol. The van der Waals surface area contributed by atoms with Gasteiger partial charge in [0.25, 0.3) is 0 Å². The third kappa shape index (κ3) is 4.53. The minimum atomic E-state index is 0.896. The molecule has 5 rings (SSSR count). The number of aliphatic imine (C=N–C) groups is 1. The summed E-state index contributed by atoms with van der Waals surface area (Å²) in [6.45, 7) is 5.07. The molecule has 0 radical (unpaired) electrons. The van der Waals surface area contributed by atoms with E-state index in [0.717, 1.165) is 56.8 Å². The summed E-state index contributed by atoms with van der Waals surface area (Å²) in [5, 5.41) is 0. The van der Waals surface area contributed by atoms with Gasteiger partial charge in [-0.3, -0.25) is 9.98 Å². The van der Waals surface area contributed by atoms with Crippen molar-refractivity contribution in [3.05, 3.63) is 95.8 Å². The second kappa shape index (κ2) is 9.17. The minimum absolute atomic E-state index is 0.896. The number of para-hydroxylation sites is 1. The molecule has 0 unspecified atom stereocenters. The lowest BCUT2D eigenvalue weighted by molar-refractivity contribution is 0.653. The number of anilines is 2. The third-order valence-electron chi connectivity index (χ3n) is 6.09. The van der Waals surface area contributed by atoms with Gasteiger partial charge in [0.15, 0.2) is 0 Å². The van der Waals surface area contributed by atoms with E-state index in [1.807, 2.05) is 18.5 Å². The van der Waals surface area contributed by atoms with E-state index in [2.05, 4.69) is 81.5 Å². The molecule has 2 aromatic carbocycles. The molecule has 1 fully saturated rings. The zero-order chi connectivity index (χ0) is 20.9. The summed E-state index contributed by atoms with van der Waals surface area (Å²) in [5.41, 5.74) is 7.39. The highest BCUT2D eigenvalue weighted by Gasteiger charge is 2.18. The lowest BCUT2D eigenvalue weighted by atomic mass is 9.95. The van der Waals surface area contributed by atoms with Gasteiger partial charge in [-0.25, -0.2) is 0 Å². The van der Waals surface area contributed by atoms with Crippen LogP contribution in [0.3, 0.4) is 0 Å². The second-order valence-corrected chi connectivity index (χ2v) is 8.15. The molecule has 3 aromatic rings. The third-order valence-corrected chi connectivity index (χ3v) is 6.09. The molecule has 1 aromatic heterocycles. The van der Waals surface area contributed by atoms with Gasteiger partial charge < -0.3 is 9.80 Å². The van der Waals surface area contributed by atoms with Crippen molar-refractivity contribution in [2.45, 2.75) is 12.8 Å². The fourth-order valence-electron chi connectivity index (χ4n) is 4.47. The first-order valence-electron chi connectivity index (χ1n) is 11.2. The highest BCUT2D eigenvalue weighted by atomic mass is 15.3. The quantitative estimate of drug-likeness (QED) is 0.604. The Hall–Kier alpha value is -3.40. The summed E-state index contributed by atoms with van der Waals surface area (Å²) >= 11 is 0. The van der Waals surface area contributed by atoms with Crippen LogP contribution in [0.1, 0.15) is 24.0 Å². The van der Waals surface area contributed by atoms with Gasteiger partial charge in [0.2, 0.25) is 0 Å². The Labute approximate surface area is 184 Å². The van der Waals surface area contributed by atoms with Crippen molar-refractivity contribution in [3.8, 4) is 0 Å². The Morgan fingerprint density at radius 2 is 1.55 bits per heavy atom. The number of aromatic nitrogens is 1. The molecule has 4 heteroatoms. The minimum Gasteiger partial charge on any atom is -0.368 e. The van der Waals surface area contributed by atoms with Gasteiger partial charge in [0.05, 0.1) is 5.71 Å². The predicted molar refractivity (Wildman–Crippen MR) is 130 cm³/mol. The zero-order valence-electron chi connectivity index (χ0n) is 17.8. The van der Waals surface area contributed by atoms with Gasteiger partial charge in [-0.2, -0.15) is 0 Å². The van der Waals surface area contributed by atoms with Crippen LogP contribution in [-0.4, -0.2) is 43.4 Å². The molecule has 4 nitrogen and oxygen atoms in total. The molecule has 156 valence electrons. The Bertz CT molecular complexity index is 1060. The molecule has 0 spiro atoms. The first kappa shape index (κ1) is 19.6. The Morgan fingerprint density at radius 1 is 0.774 bits per heavy atom. The number of hydrogen-bond acceptors (Lipinski definition) is 4. The molecule has 0 amide bonds. The van der Waals surface area contributed by atoms with Gasteiger partial charge >= 0.3 is 0 Å². The van der Waals surface area contributed by atoms with Crippen LogP contribution in [-0.2, 0) is 0 Å². The number of benzene rings is 2. The number of nitrogens with zero attached hydrogens (tertiary/aromatic N) is 4. The standard InChI is InChI=1S/C27H28N4/c1-2-10-25(11-3-1)30-15-17-31(18-16-30)26-12-4-7-22(20-26)19-23-8-6-14-29-27(23)24-9-5-13-28-21-24/h1-5,7,9-13,19-21H,6,8,14-18H2. The van der Waals surface area contributed by atoms with Crippen molar-refractivity contribution in [1.29, 1.82) is 0 Å². The van der Waals surface area contributed by atoms with E-state index >= 15 is 0 Å². The molecule has 31 heavy (non-hydrogen) atoms. The molecule has 3 heterocycles. The average molecular weight is 409 g/mol. The fourth-order valence-corrected chi connectivity index (χ4v) is 4.47. The van der Waals surface area contributed by atoms with Crippen LogP contribution in [0, 0.1) is 0 Å². The zero-order valence-corrected chi connectivity index (χ0v) is 17.8. The summed E-state index contributed by atoms with van der Waals surface area (Å²) in [6.07, 6.45) is 8.22. The highest BCUT2D eigenvalue weighted by Crippen LogP contribution is 2.25. The van der Waals surface area contributed by atoms with Crippen LogP contribution >= 0.6 is 0 Å². The maximum atomic E-state index is 4.82. The smallest absolute Gasteiger partial charge is 0.0694 e. The van der Waals surface area contributed by atoms with Crippen LogP contribution in [0.5, 0.6) is 0 Å². The van der Waals surface area contributed by atoms with Gasteiger partial charge in [0.1, 0.15) is 0 Å². The van der Waals surface area contributed by atoms with Crippen LogP contribution in [0.15, 0.2) is 89.7 Å². The Morgan fingerprint density at radius 3 is 2.32 bits per heavy atom. The molecule has 1 saturated heterocycles. The van der Waals surface area contributed by atoms with E-state index in [9.17, 15) is 0 Å². The molecule has 2 aliphatic rings. The average Bonchev–Trinajstić information content (AvgIpc) is 2.86. The summed E-state index contributed by atoms with van der Waals surface area (Å²) in [7, 11) is 0. The van der Waals surface area contributed by atoms with E-state index in [-0.39, 0.29) is 0 Å². The van der Waals surface area contributed by atoms with Gasteiger partial charge in [-0.05, 0) is 66.5 Å². The van der Waals surface area contributed by atoms with Crippen molar-refractivity contribution in [3.63, 3.8) is 0 Å². The number of piperazine rings is 1. The largest absolute Gasteiger partial charge is 0.368 e. The molecule has 0 aliphatic carbocycles. The number of hydrogen-bond donors (Lipinski definition) is 0.